The highest BCUT2D eigenvalue weighted by Crippen LogP contribution is 2.25. The van der Waals surface area contributed by atoms with Crippen LogP contribution in [-0.4, -0.2) is 29.0 Å². The fourth-order valence-electron chi connectivity index (χ4n) is 3.83. The Labute approximate surface area is 156 Å². The number of fused-ring (bicyclic) bond motifs is 1. The van der Waals surface area contributed by atoms with Gasteiger partial charge in [0.05, 0.1) is 0 Å². The zero-order chi connectivity index (χ0) is 17.9. The smallest absolute Gasteiger partial charge is 0.0423 e. The van der Waals surface area contributed by atoms with Crippen molar-refractivity contribution in [1.29, 1.82) is 0 Å². The second kappa shape index (κ2) is 7.46. The highest BCUT2D eigenvalue weighted by Gasteiger charge is 2.22. The van der Waals surface area contributed by atoms with E-state index in [4.69, 9.17) is 0 Å². The van der Waals surface area contributed by atoms with E-state index in [1.54, 1.807) is 0 Å². The van der Waals surface area contributed by atoms with Crippen LogP contribution in [0.4, 0.5) is 5.69 Å². The molecule has 1 unspecified atom stereocenters. The second-order valence-electron chi connectivity index (χ2n) is 7.66. The molecule has 0 amide bonds. The van der Waals surface area contributed by atoms with Crippen molar-refractivity contribution in [1.82, 2.24) is 9.88 Å². The third kappa shape index (κ3) is 3.73. The predicted octanol–water partition coefficient (Wildman–Crippen LogP) is 5.04. The Kier molecular flexibility index (Phi) is 4.89. The van der Waals surface area contributed by atoms with Crippen molar-refractivity contribution >= 4 is 16.5 Å². The zero-order valence-electron chi connectivity index (χ0n) is 15.7. The Bertz CT molecular complexity index is 865. The molecular weight excluding hydrogens is 318 g/mol. The molecule has 0 aliphatic carbocycles. The van der Waals surface area contributed by atoms with Crippen LogP contribution < -0.4 is 5.32 Å². The van der Waals surface area contributed by atoms with E-state index in [-0.39, 0.29) is 0 Å². The molecule has 134 valence electrons. The minimum atomic E-state index is 0.503. The molecule has 3 nitrogen and oxygen atoms in total. The summed E-state index contributed by atoms with van der Waals surface area (Å²) >= 11 is 0. The third-order valence-corrected chi connectivity index (χ3v) is 5.37. The largest absolute Gasteiger partial charge is 0.380 e. The van der Waals surface area contributed by atoms with Crippen LogP contribution in [0.2, 0.25) is 0 Å². The molecule has 1 aliphatic heterocycles. The first-order valence-electron chi connectivity index (χ1n) is 9.59. The number of pyridine rings is 1. The van der Waals surface area contributed by atoms with Crippen molar-refractivity contribution in [3.05, 3.63) is 72.1 Å². The molecule has 0 spiro atoms. The molecular formula is C23H27N3. The highest BCUT2D eigenvalue weighted by atomic mass is 15.2. The van der Waals surface area contributed by atoms with Gasteiger partial charge < -0.3 is 5.32 Å². The van der Waals surface area contributed by atoms with Crippen molar-refractivity contribution in [3.63, 3.8) is 0 Å². The lowest BCUT2D eigenvalue weighted by Crippen LogP contribution is -2.26. The monoisotopic (exact) mass is 345 g/mol. The van der Waals surface area contributed by atoms with Crippen molar-refractivity contribution in [3.8, 4) is 0 Å². The van der Waals surface area contributed by atoms with Crippen molar-refractivity contribution in [2.75, 3.05) is 18.4 Å². The Morgan fingerprint density at radius 3 is 2.77 bits per heavy atom. The minimum Gasteiger partial charge on any atom is -0.380 e. The Morgan fingerprint density at radius 2 is 1.96 bits per heavy atom. The van der Waals surface area contributed by atoms with Crippen LogP contribution in [0.5, 0.6) is 0 Å². The first-order chi connectivity index (χ1) is 12.7. The molecule has 26 heavy (non-hydrogen) atoms. The van der Waals surface area contributed by atoms with Gasteiger partial charge in [-0.05, 0) is 35.6 Å². The Hall–Kier alpha value is -2.39. The topological polar surface area (TPSA) is 28.2 Å². The van der Waals surface area contributed by atoms with Crippen LogP contribution in [-0.2, 0) is 6.54 Å². The summed E-state index contributed by atoms with van der Waals surface area (Å²) in [6.07, 6.45) is 4.99. The van der Waals surface area contributed by atoms with Gasteiger partial charge in [0.25, 0.3) is 0 Å². The fraction of sp³-hybridized carbons (Fsp3) is 0.348. The number of anilines is 1. The number of nitrogens with zero attached hydrogens (tertiary/aromatic N) is 2. The van der Waals surface area contributed by atoms with Gasteiger partial charge in [0.15, 0.2) is 0 Å². The summed E-state index contributed by atoms with van der Waals surface area (Å²) in [5, 5.41) is 6.20. The predicted molar refractivity (Wildman–Crippen MR) is 110 cm³/mol. The van der Waals surface area contributed by atoms with E-state index in [9.17, 15) is 0 Å². The first-order valence-corrected chi connectivity index (χ1v) is 9.59. The number of aromatic nitrogens is 1. The van der Waals surface area contributed by atoms with Crippen LogP contribution in [0.1, 0.15) is 37.3 Å². The zero-order valence-corrected chi connectivity index (χ0v) is 15.7. The lowest BCUT2D eigenvalue weighted by Gasteiger charge is -2.18. The average Bonchev–Trinajstić information content (AvgIpc) is 3.09. The molecule has 1 fully saturated rings. The lowest BCUT2D eigenvalue weighted by atomic mass is 10.0. The van der Waals surface area contributed by atoms with Gasteiger partial charge in [-0.1, -0.05) is 50.2 Å². The van der Waals surface area contributed by atoms with Crippen molar-refractivity contribution in [2.45, 2.75) is 38.8 Å². The van der Waals surface area contributed by atoms with Gasteiger partial charge in [-0.25, -0.2) is 0 Å². The van der Waals surface area contributed by atoms with E-state index < -0.39 is 0 Å². The van der Waals surface area contributed by atoms with Crippen LogP contribution in [0, 0.1) is 0 Å². The Balaban J connectivity index is 1.39. The number of hydrogen-bond donors (Lipinski definition) is 1. The molecule has 1 N–H and O–H groups in total. The van der Waals surface area contributed by atoms with Crippen LogP contribution in [0.15, 0.2) is 60.9 Å². The number of nitrogens with one attached hydrogen (secondary N) is 1. The molecule has 0 radical (unpaired) electrons. The summed E-state index contributed by atoms with van der Waals surface area (Å²) in [6.45, 7) is 7.77. The lowest BCUT2D eigenvalue weighted by molar-refractivity contribution is 0.328. The van der Waals surface area contributed by atoms with Crippen molar-refractivity contribution in [2.24, 2.45) is 0 Å². The molecule has 2 aromatic carbocycles. The first kappa shape index (κ1) is 17.0. The number of hydrogen-bond acceptors (Lipinski definition) is 3. The summed E-state index contributed by atoms with van der Waals surface area (Å²) in [4.78, 5) is 6.78. The van der Waals surface area contributed by atoms with Gasteiger partial charge in [0.2, 0.25) is 0 Å². The quantitative estimate of drug-likeness (QED) is 0.702. The summed E-state index contributed by atoms with van der Waals surface area (Å²) in [5.74, 6) is 0.598. The van der Waals surface area contributed by atoms with Gasteiger partial charge in [0, 0.05) is 54.5 Å². The van der Waals surface area contributed by atoms with E-state index >= 15 is 0 Å². The van der Waals surface area contributed by atoms with Gasteiger partial charge in [0.1, 0.15) is 0 Å². The van der Waals surface area contributed by atoms with Gasteiger partial charge in [-0.15, -0.1) is 0 Å². The van der Waals surface area contributed by atoms with Gasteiger partial charge in [-0.3, -0.25) is 9.88 Å². The van der Waals surface area contributed by atoms with Crippen LogP contribution >= 0.6 is 0 Å². The molecule has 1 saturated heterocycles. The van der Waals surface area contributed by atoms with Crippen molar-refractivity contribution < 1.29 is 0 Å². The summed E-state index contributed by atoms with van der Waals surface area (Å²) < 4.78 is 0. The molecule has 0 bridgehead atoms. The normalized spacial score (nSPS) is 17.9. The van der Waals surface area contributed by atoms with E-state index in [2.05, 4.69) is 77.6 Å². The average molecular weight is 345 g/mol. The molecule has 4 rings (SSSR count). The second-order valence-corrected chi connectivity index (χ2v) is 7.66. The maximum absolute atomic E-state index is 4.23. The SMILES string of the molecule is CC(C)c1ccc(CN2CCC(Nc3cccc4cnccc34)C2)cc1. The van der Waals surface area contributed by atoms with E-state index in [0.29, 0.717) is 12.0 Å². The third-order valence-electron chi connectivity index (χ3n) is 5.37. The molecule has 1 atom stereocenters. The maximum Gasteiger partial charge on any atom is 0.0423 e. The molecule has 2 heterocycles. The molecule has 3 heteroatoms. The molecule has 1 aliphatic rings. The van der Waals surface area contributed by atoms with Gasteiger partial charge >= 0.3 is 0 Å². The molecule has 1 aromatic heterocycles. The number of benzene rings is 2. The summed E-state index contributed by atoms with van der Waals surface area (Å²) in [7, 11) is 0. The van der Waals surface area contributed by atoms with E-state index in [0.717, 1.165) is 19.6 Å². The maximum atomic E-state index is 4.23. The van der Waals surface area contributed by atoms with Gasteiger partial charge in [-0.2, -0.15) is 0 Å². The van der Waals surface area contributed by atoms with Crippen LogP contribution in [0.25, 0.3) is 10.8 Å². The Morgan fingerprint density at radius 1 is 1.12 bits per heavy atom. The molecule has 0 saturated carbocycles. The highest BCUT2D eigenvalue weighted by molar-refractivity contribution is 5.93. The minimum absolute atomic E-state index is 0.503. The number of likely N-dealkylation sites (tertiary alicyclic amines) is 1. The molecule has 3 aromatic rings. The van der Waals surface area contributed by atoms with E-state index in [1.165, 1.54) is 34.0 Å². The fourth-order valence-corrected chi connectivity index (χ4v) is 3.83. The summed E-state index contributed by atoms with van der Waals surface area (Å²) in [5.41, 5.74) is 4.05. The van der Waals surface area contributed by atoms with E-state index in [1.807, 2.05) is 12.4 Å². The summed E-state index contributed by atoms with van der Waals surface area (Å²) in [6, 6.07) is 18.1. The van der Waals surface area contributed by atoms with Crippen LogP contribution in [0.3, 0.4) is 0 Å². The standard InChI is InChI=1S/C23H27N3/c1-17(2)19-8-6-18(7-9-19)15-26-13-11-21(16-26)25-23-5-3-4-20-14-24-12-10-22(20)23/h3-10,12,14,17,21,25H,11,13,15-16H2,1-2H3. The number of rotatable bonds is 5.